The Morgan fingerprint density at radius 3 is 2.51 bits per heavy atom. The summed E-state index contributed by atoms with van der Waals surface area (Å²) < 4.78 is -0.724. The van der Waals surface area contributed by atoms with Crippen molar-refractivity contribution in [2.45, 2.75) is 49.3 Å². The van der Waals surface area contributed by atoms with Crippen LogP contribution in [0.2, 0.25) is 0 Å². The molecule has 2 aromatic rings. The summed E-state index contributed by atoms with van der Waals surface area (Å²) in [4.78, 5) is 48.1. The number of hydrogen-bond acceptors (Lipinski definition) is 5. The van der Waals surface area contributed by atoms with E-state index in [1.54, 1.807) is 38.6 Å². The molecule has 5 rings (SSSR count). The van der Waals surface area contributed by atoms with E-state index < -0.39 is 22.6 Å². The number of amides is 3. The Hall–Kier alpha value is -3.36. The first-order valence-electron chi connectivity index (χ1n) is 14.3. The number of aliphatic hydroxyl groups excluding tert-OH is 1. The lowest BCUT2D eigenvalue weighted by Crippen LogP contribution is -2.55. The van der Waals surface area contributed by atoms with Crippen LogP contribution in [0.25, 0.3) is 0 Å². The van der Waals surface area contributed by atoms with Crippen LogP contribution < -0.4 is 4.90 Å². The van der Waals surface area contributed by atoms with Gasteiger partial charge >= 0.3 is 0 Å². The maximum atomic E-state index is 14.6. The highest BCUT2D eigenvalue weighted by molar-refractivity contribution is 8.02. The van der Waals surface area contributed by atoms with Crippen molar-refractivity contribution in [3.05, 3.63) is 90.5 Å². The molecule has 216 valence electrons. The fourth-order valence-corrected chi connectivity index (χ4v) is 9.27. The number of rotatable bonds is 11. The van der Waals surface area contributed by atoms with Gasteiger partial charge in [0.05, 0.1) is 23.2 Å². The summed E-state index contributed by atoms with van der Waals surface area (Å²) in [6.07, 6.45) is 4.86. The normalized spacial score (nSPS) is 26.1. The predicted molar refractivity (Wildman–Crippen MR) is 163 cm³/mol. The number of fused-ring (bicyclic) bond motifs is 1. The Balaban J connectivity index is 1.52. The molecule has 7 nitrogen and oxygen atoms in total. The molecule has 3 aliphatic rings. The maximum Gasteiger partial charge on any atom is 0.251 e. The Bertz CT molecular complexity index is 1350. The summed E-state index contributed by atoms with van der Waals surface area (Å²) in [5.41, 5.74) is 3.78. The van der Waals surface area contributed by atoms with Crippen LogP contribution in [0, 0.1) is 25.7 Å². The molecule has 5 atom stereocenters. The van der Waals surface area contributed by atoms with Gasteiger partial charge in [-0.15, -0.1) is 24.9 Å². The Kier molecular flexibility index (Phi) is 8.43. The zero-order valence-corrected chi connectivity index (χ0v) is 24.7. The van der Waals surface area contributed by atoms with Crippen LogP contribution in [0.5, 0.6) is 0 Å². The van der Waals surface area contributed by atoms with E-state index in [0.29, 0.717) is 26.1 Å². The molecule has 2 bridgehead atoms. The van der Waals surface area contributed by atoms with E-state index in [0.717, 1.165) is 28.8 Å². The third-order valence-corrected chi connectivity index (χ3v) is 10.7. The molecule has 2 unspecified atom stereocenters. The van der Waals surface area contributed by atoms with Gasteiger partial charge in [0.1, 0.15) is 6.04 Å². The maximum absolute atomic E-state index is 14.6. The van der Waals surface area contributed by atoms with Gasteiger partial charge in [-0.25, -0.2) is 0 Å². The number of aliphatic hydroxyl groups is 1. The number of hydrogen-bond donors (Lipinski definition) is 1. The lowest BCUT2D eigenvalue weighted by molar-refractivity contribution is -0.144. The minimum atomic E-state index is -0.776. The van der Waals surface area contributed by atoms with Gasteiger partial charge in [-0.1, -0.05) is 54.6 Å². The molecule has 8 heteroatoms. The second kappa shape index (κ2) is 11.9. The van der Waals surface area contributed by atoms with Crippen LogP contribution in [0.4, 0.5) is 5.69 Å². The average Bonchev–Trinajstić information content (AvgIpc) is 3.60. The zero-order chi connectivity index (χ0) is 29.3. The van der Waals surface area contributed by atoms with Crippen molar-refractivity contribution >= 4 is 35.2 Å². The fraction of sp³-hybridized carbons (Fsp3) is 0.424. The molecule has 0 aliphatic carbocycles. The molecular formula is C33H39N3O4S. The molecule has 3 saturated heterocycles. The zero-order valence-electron chi connectivity index (χ0n) is 23.9. The van der Waals surface area contributed by atoms with E-state index in [-0.39, 0.29) is 36.1 Å². The molecule has 3 aliphatic heterocycles. The van der Waals surface area contributed by atoms with E-state index in [9.17, 15) is 19.5 Å². The summed E-state index contributed by atoms with van der Waals surface area (Å²) in [6.45, 7) is 12.6. The van der Waals surface area contributed by atoms with E-state index in [4.69, 9.17) is 0 Å². The lowest BCUT2D eigenvalue weighted by atomic mass is 9.70. The largest absolute Gasteiger partial charge is 0.395 e. The second-order valence-corrected chi connectivity index (χ2v) is 12.9. The number of aryl methyl sites for hydroxylation is 2. The van der Waals surface area contributed by atoms with E-state index in [1.165, 1.54) is 0 Å². The highest BCUT2D eigenvalue weighted by Gasteiger charge is 2.74. The standard InChI is InChI=1S/C33H39N3O4S/c1-5-16-34(21-24-10-8-7-9-11-24)30(38)27-26-14-15-33(41-26)28(27)31(39)36(18-19-37)29(33)32(40)35(17-6-2)25-20-22(3)12-13-23(25)4/h5-13,20,26-29,37H,1-2,14-19,21H2,3-4H3/t26-,27+,28-,29?,33?/m0/s1. The van der Waals surface area contributed by atoms with Gasteiger partial charge in [0.15, 0.2) is 0 Å². The van der Waals surface area contributed by atoms with E-state index >= 15 is 0 Å². The molecule has 3 fully saturated rings. The third-order valence-electron chi connectivity index (χ3n) is 8.77. The van der Waals surface area contributed by atoms with Crippen molar-refractivity contribution in [3.8, 4) is 0 Å². The quantitative estimate of drug-likeness (QED) is 0.409. The van der Waals surface area contributed by atoms with Crippen molar-refractivity contribution in [2.24, 2.45) is 11.8 Å². The number of anilines is 1. The second-order valence-electron chi connectivity index (χ2n) is 11.3. The van der Waals surface area contributed by atoms with Gasteiger partial charge in [-0.2, -0.15) is 0 Å². The molecule has 3 amide bonds. The van der Waals surface area contributed by atoms with Crippen molar-refractivity contribution in [2.75, 3.05) is 31.1 Å². The number of carbonyl (C=O) groups excluding carboxylic acids is 3. The average molecular weight is 574 g/mol. The summed E-state index contributed by atoms with van der Waals surface area (Å²) in [7, 11) is 0. The molecule has 2 aromatic carbocycles. The summed E-state index contributed by atoms with van der Waals surface area (Å²) in [6, 6.07) is 15.0. The molecule has 41 heavy (non-hydrogen) atoms. The summed E-state index contributed by atoms with van der Waals surface area (Å²) in [5.74, 6) is -1.61. The predicted octanol–water partition coefficient (Wildman–Crippen LogP) is 4.12. The molecule has 0 radical (unpaired) electrons. The van der Waals surface area contributed by atoms with Crippen molar-refractivity contribution in [1.29, 1.82) is 0 Å². The van der Waals surface area contributed by atoms with Crippen LogP contribution in [0.3, 0.4) is 0 Å². The monoisotopic (exact) mass is 573 g/mol. The third kappa shape index (κ3) is 5.01. The Labute approximate surface area is 246 Å². The topological polar surface area (TPSA) is 81.2 Å². The van der Waals surface area contributed by atoms with Crippen LogP contribution in [0.1, 0.15) is 29.5 Å². The molecule has 1 N–H and O–H groups in total. The van der Waals surface area contributed by atoms with Crippen molar-refractivity contribution < 1.29 is 19.5 Å². The molecule has 1 spiro atoms. The fourth-order valence-electron chi connectivity index (χ4n) is 7.06. The summed E-state index contributed by atoms with van der Waals surface area (Å²) >= 11 is 1.64. The van der Waals surface area contributed by atoms with E-state index in [2.05, 4.69) is 13.2 Å². The smallest absolute Gasteiger partial charge is 0.251 e. The van der Waals surface area contributed by atoms with Gasteiger partial charge in [-0.05, 0) is 49.4 Å². The Morgan fingerprint density at radius 2 is 1.83 bits per heavy atom. The highest BCUT2D eigenvalue weighted by Crippen LogP contribution is 2.66. The number of likely N-dealkylation sites (tertiary alicyclic amines) is 1. The minimum Gasteiger partial charge on any atom is -0.395 e. The van der Waals surface area contributed by atoms with Gasteiger partial charge in [-0.3, -0.25) is 14.4 Å². The number of carbonyl (C=O) groups is 3. The molecule has 0 aromatic heterocycles. The van der Waals surface area contributed by atoms with Gasteiger partial charge < -0.3 is 19.8 Å². The van der Waals surface area contributed by atoms with Gasteiger partial charge in [0, 0.05) is 37.1 Å². The number of thioether (sulfide) groups is 1. The Morgan fingerprint density at radius 1 is 1.10 bits per heavy atom. The molecule has 3 heterocycles. The number of benzene rings is 2. The van der Waals surface area contributed by atoms with Crippen LogP contribution in [0.15, 0.2) is 73.8 Å². The van der Waals surface area contributed by atoms with Crippen molar-refractivity contribution in [3.63, 3.8) is 0 Å². The highest BCUT2D eigenvalue weighted by atomic mass is 32.2. The van der Waals surface area contributed by atoms with Crippen LogP contribution in [-0.2, 0) is 20.9 Å². The first-order valence-corrected chi connectivity index (χ1v) is 15.2. The van der Waals surface area contributed by atoms with Crippen molar-refractivity contribution in [1.82, 2.24) is 9.80 Å². The van der Waals surface area contributed by atoms with Crippen LogP contribution in [-0.4, -0.2) is 74.9 Å². The van der Waals surface area contributed by atoms with Gasteiger partial charge in [0.2, 0.25) is 11.8 Å². The number of nitrogens with zero attached hydrogens (tertiary/aromatic N) is 3. The van der Waals surface area contributed by atoms with Gasteiger partial charge in [0.25, 0.3) is 5.91 Å². The summed E-state index contributed by atoms with van der Waals surface area (Å²) in [5, 5.41) is 9.94. The lowest BCUT2D eigenvalue weighted by Gasteiger charge is -2.38. The number of β-amino-alcohol motifs (C(OH)–C–C–N with tert-alkyl or cyclic N) is 1. The first kappa shape index (κ1) is 29.1. The minimum absolute atomic E-state index is 0.0420. The van der Waals surface area contributed by atoms with E-state index in [1.807, 2.05) is 62.4 Å². The first-order chi connectivity index (χ1) is 19.8. The SMILES string of the molecule is C=CCN(Cc1ccccc1)C(=O)[C@@H]1[C@@H]2CCC3(S2)C(C(=O)N(CC=C)c2cc(C)ccc2C)N(CCO)C(=O)[C@H]13. The molecular weight excluding hydrogens is 534 g/mol. The molecule has 0 saturated carbocycles. The van der Waals surface area contributed by atoms with Crippen LogP contribution >= 0.6 is 11.8 Å².